The number of carbonyl (C=O) groups excluding carboxylic acids is 1. The van der Waals surface area contributed by atoms with Gasteiger partial charge in [0.15, 0.2) is 11.2 Å². The number of carbonyl (C=O) groups is 1. The molecular formula is C20H22N2O3S. The van der Waals surface area contributed by atoms with E-state index in [2.05, 4.69) is 10.3 Å². The van der Waals surface area contributed by atoms with Crippen LogP contribution in [0.3, 0.4) is 0 Å². The van der Waals surface area contributed by atoms with Gasteiger partial charge >= 0.3 is 0 Å². The Morgan fingerprint density at radius 2 is 2.04 bits per heavy atom. The monoisotopic (exact) mass is 370 g/mol. The number of nitrogens with one attached hydrogen (secondary N) is 1. The minimum Gasteiger partial charge on any atom is -0.494 e. The summed E-state index contributed by atoms with van der Waals surface area (Å²) in [7, 11) is 0. The molecule has 0 saturated carbocycles. The van der Waals surface area contributed by atoms with Crippen molar-refractivity contribution in [2.45, 2.75) is 33.8 Å². The summed E-state index contributed by atoms with van der Waals surface area (Å²) in [6.45, 7) is 8.28. The fraction of sp³-hybridized carbons (Fsp3) is 0.300. The van der Waals surface area contributed by atoms with Crippen molar-refractivity contribution in [1.29, 1.82) is 0 Å². The molecule has 1 aromatic heterocycles. The molecule has 3 aromatic rings. The van der Waals surface area contributed by atoms with E-state index >= 15 is 0 Å². The normalized spacial score (nSPS) is 12.0. The van der Waals surface area contributed by atoms with E-state index in [-0.39, 0.29) is 5.91 Å². The fourth-order valence-corrected chi connectivity index (χ4v) is 3.49. The zero-order valence-electron chi connectivity index (χ0n) is 15.3. The summed E-state index contributed by atoms with van der Waals surface area (Å²) in [5.74, 6) is 1.28. The standard InChI is InChI=1S/C20H22N2O3S/c1-5-24-15-7-8-16-18(11-15)26-20(21-16)22-19(23)14(4)25-17-9-6-12(2)10-13(17)3/h6-11,14H,5H2,1-4H3,(H,21,22,23)/t14-/m0/s1. The first-order valence-corrected chi connectivity index (χ1v) is 9.36. The lowest BCUT2D eigenvalue weighted by atomic mass is 10.1. The van der Waals surface area contributed by atoms with E-state index in [9.17, 15) is 4.79 Å². The van der Waals surface area contributed by atoms with Gasteiger partial charge in [-0.3, -0.25) is 10.1 Å². The van der Waals surface area contributed by atoms with Gasteiger partial charge in [0, 0.05) is 0 Å². The van der Waals surface area contributed by atoms with Crippen molar-refractivity contribution >= 4 is 32.6 Å². The molecule has 6 heteroatoms. The largest absolute Gasteiger partial charge is 0.494 e. The molecule has 3 rings (SSSR count). The minimum absolute atomic E-state index is 0.228. The van der Waals surface area contributed by atoms with Crippen LogP contribution in [0.15, 0.2) is 36.4 Å². The summed E-state index contributed by atoms with van der Waals surface area (Å²) >= 11 is 1.42. The van der Waals surface area contributed by atoms with E-state index in [4.69, 9.17) is 9.47 Å². The highest BCUT2D eigenvalue weighted by Crippen LogP contribution is 2.29. The van der Waals surface area contributed by atoms with Crippen LogP contribution >= 0.6 is 11.3 Å². The van der Waals surface area contributed by atoms with E-state index in [1.807, 2.05) is 57.2 Å². The van der Waals surface area contributed by atoms with Gasteiger partial charge in [-0.1, -0.05) is 29.0 Å². The van der Waals surface area contributed by atoms with Crippen molar-refractivity contribution in [3.05, 3.63) is 47.5 Å². The Bertz CT molecular complexity index is 936. The topological polar surface area (TPSA) is 60.5 Å². The fourth-order valence-electron chi connectivity index (χ4n) is 2.60. The van der Waals surface area contributed by atoms with Crippen LogP contribution in [0.4, 0.5) is 5.13 Å². The first-order chi connectivity index (χ1) is 12.5. The van der Waals surface area contributed by atoms with Crippen molar-refractivity contribution in [1.82, 2.24) is 4.98 Å². The molecule has 0 aliphatic heterocycles. The highest BCUT2D eigenvalue weighted by molar-refractivity contribution is 7.22. The molecule has 0 aliphatic carbocycles. The smallest absolute Gasteiger partial charge is 0.266 e. The van der Waals surface area contributed by atoms with E-state index in [0.717, 1.165) is 27.1 Å². The summed E-state index contributed by atoms with van der Waals surface area (Å²) in [5, 5.41) is 3.39. The summed E-state index contributed by atoms with van der Waals surface area (Å²) in [6, 6.07) is 11.6. The van der Waals surface area contributed by atoms with Crippen LogP contribution in [-0.4, -0.2) is 23.6 Å². The van der Waals surface area contributed by atoms with Crippen molar-refractivity contribution in [3.63, 3.8) is 0 Å². The molecule has 2 aromatic carbocycles. The second kappa shape index (κ2) is 7.74. The number of nitrogens with zero attached hydrogens (tertiary/aromatic N) is 1. The van der Waals surface area contributed by atoms with E-state index in [1.54, 1.807) is 6.92 Å². The van der Waals surface area contributed by atoms with Crippen molar-refractivity contribution in [2.75, 3.05) is 11.9 Å². The minimum atomic E-state index is -0.623. The summed E-state index contributed by atoms with van der Waals surface area (Å²) in [5.41, 5.74) is 3.00. The Morgan fingerprint density at radius 3 is 2.77 bits per heavy atom. The molecule has 0 saturated heterocycles. The van der Waals surface area contributed by atoms with Crippen LogP contribution in [0.2, 0.25) is 0 Å². The molecule has 1 N–H and O–H groups in total. The van der Waals surface area contributed by atoms with Crippen LogP contribution in [0, 0.1) is 13.8 Å². The molecule has 0 aliphatic rings. The number of benzene rings is 2. The average Bonchev–Trinajstić information content (AvgIpc) is 2.99. The Balaban J connectivity index is 1.69. The number of amides is 1. The van der Waals surface area contributed by atoms with Gasteiger partial charge in [-0.05, 0) is 57.5 Å². The number of hydrogen-bond donors (Lipinski definition) is 1. The quantitative estimate of drug-likeness (QED) is 0.682. The summed E-state index contributed by atoms with van der Waals surface area (Å²) < 4.78 is 12.3. The average molecular weight is 370 g/mol. The van der Waals surface area contributed by atoms with Gasteiger partial charge in [-0.15, -0.1) is 0 Å². The van der Waals surface area contributed by atoms with Gasteiger partial charge in [-0.2, -0.15) is 0 Å². The number of aryl methyl sites for hydroxylation is 2. The number of rotatable bonds is 6. The Labute approximate surface area is 157 Å². The molecule has 26 heavy (non-hydrogen) atoms. The third-order valence-corrected chi connectivity index (χ3v) is 4.84. The number of hydrogen-bond acceptors (Lipinski definition) is 5. The predicted molar refractivity (Wildman–Crippen MR) is 105 cm³/mol. The first-order valence-electron chi connectivity index (χ1n) is 8.54. The number of fused-ring (bicyclic) bond motifs is 1. The Kier molecular flexibility index (Phi) is 5.42. The van der Waals surface area contributed by atoms with Gasteiger partial charge < -0.3 is 9.47 Å². The highest BCUT2D eigenvalue weighted by Gasteiger charge is 2.17. The lowest BCUT2D eigenvalue weighted by molar-refractivity contribution is -0.122. The molecule has 1 amide bonds. The van der Waals surface area contributed by atoms with E-state index < -0.39 is 6.10 Å². The first kappa shape index (κ1) is 18.2. The molecule has 0 spiro atoms. The second-order valence-corrected chi connectivity index (χ2v) is 7.13. The van der Waals surface area contributed by atoms with Crippen LogP contribution in [0.1, 0.15) is 25.0 Å². The lowest BCUT2D eigenvalue weighted by Crippen LogP contribution is -2.30. The third-order valence-electron chi connectivity index (χ3n) is 3.90. The lowest BCUT2D eigenvalue weighted by Gasteiger charge is -2.15. The number of thiazole rings is 1. The van der Waals surface area contributed by atoms with Crippen LogP contribution in [0.5, 0.6) is 11.5 Å². The number of ether oxygens (including phenoxy) is 2. The zero-order chi connectivity index (χ0) is 18.7. The van der Waals surface area contributed by atoms with Crippen LogP contribution in [0.25, 0.3) is 10.2 Å². The molecule has 0 fully saturated rings. The van der Waals surface area contributed by atoms with Gasteiger partial charge in [0.25, 0.3) is 5.91 Å². The summed E-state index contributed by atoms with van der Waals surface area (Å²) in [4.78, 5) is 16.9. The Hall–Kier alpha value is -2.60. The van der Waals surface area contributed by atoms with E-state index in [1.165, 1.54) is 11.3 Å². The third kappa shape index (κ3) is 4.14. The second-order valence-electron chi connectivity index (χ2n) is 6.10. The molecule has 136 valence electrons. The van der Waals surface area contributed by atoms with Gasteiger partial charge in [0.1, 0.15) is 11.5 Å². The van der Waals surface area contributed by atoms with Crippen molar-refractivity contribution in [3.8, 4) is 11.5 Å². The molecule has 5 nitrogen and oxygen atoms in total. The van der Waals surface area contributed by atoms with Gasteiger partial charge in [-0.25, -0.2) is 4.98 Å². The van der Waals surface area contributed by atoms with Crippen LogP contribution < -0.4 is 14.8 Å². The van der Waals surface area contributed by atoms with Crippen molar-refractivity contribution < 1.29 is 14.3 Å². The number of aromatic nitrogens is 1. The van der Waals surface area contributed by atoms with Gasteiger partial charge in [0.05, 0.1) is 16.8 Å². The molecule has 1 heterocycles. The van der Waals surface area contributed by atoms with Crippen LogP contribution in [-0.2, 0) is 4.79 Å². The number of anilines is 1. The molecule has 0 unspecified atom stereocenters. The Morgan fingerprint density at radius 1 is 1.23 bits per heavy atom. The maximum absolute atomic E-state index is 12.4. The SMILES string of the molecule is CCOc1ccc2nc(NC(=O)[C@H](C)Oc3ccc(C)cc3C)sc2c1. The summed E-state index contributed by atoms with van der Waals surface area (Å²) in [6.07, 6.45) is -0.623. The molecule has 0 radical (unpaired) electrons. The van der Waals surface area contributed by atoms with Gasteiger partial charge in [0.2, 0.25) is 0 Å². The zero-order valence-corrected chi connectivity index (χ0v) is 16.1. The van der Waals surface area contributed by atoms with Crippen molar-refractivity contribution in [2.24, 2.45) is 0 Å². The molecular weight excluding hydrogens is 348 g/mol. The molecule has 0 bridgehead atoms. The van der Waals surface area contributed by atoms with E-state index in [0.29, 0.717) is 17.5 Å². The maximum atomic E-state index is 12.4. The predicted octanol–water partition coefficient (Wildman–Crippen LogP) is 4.72. The maximum Gasteiger partial charge on any atom is 0.266 e. The highest BCUT2D eigenvalue weighted by atomic mass is 32.1. The molecule has 1 atom stereocenters.